The van der Waals surface area contributed by atoms with E-state index in [1.807, 2.05) is 18.6 Å². The summed E-state index contributed by atoms with van der Waals surface area (Å²) in [5, 5.41) is 11.7. The van der Waals surface area contributed by atoms with Crippen molar-refractivity contribution in [2.45, 2.75) is 44.4 Å². The molecule has 5 heterocycles. The first-order chi connectivity index (χ1) is 21.6. The van der Waals surface area contributed by atoms with Gasteiger partial charge >= 0.3 is 5.95 Å². The van der Waals surface area contributed by atoms with Gasteiger partial charge in [-0.15, -0.1) is 0 Å². The molecule has 2 fully saturated rings. The quantitative estimate of drug-likeness (QED) is 0.193. The van der Waals surface area contributed by atoms with Gasteiger partial charge in [0.1, 0.15) is 23.8 Å². The van der Waals surface area contributed by atoms with E-state index in [4.69, 9.17) is 14.5 Å². The monoisotopic (exact) mass is 639 g/mol. The number of anilines is 1. The number of fused-ring (bicyclic) bond motifs is 1. The van der Waals surface area contributed by atoms with E-state index in [0.29, 0.717) is 59.3 Å². The Balaban J connectivity index is 1.32. The van der Waals surface area contributed by atoms with Crippen LogP contribution in [-0.2, 0) is 28.4 Å². The second-order valence-electron chi connectivity index (χ2n) is 11.2. The molecule has 0 N–H and O–H groups in total. The van der Waals surface area contributed by atoms with Gasteiger partial charge in [0.25, 0.3) is 5.91 Å². The number of carbonyl (C=O) groups is 1. The van der Waals surface area contributed by atoms with Crippen LogP contribution in [0.15, 0.2) is 43.2 Å². The molecule has 0 unspecified atom stereocenters. The maximum absolute atomic E-state index is 13.7. The van der Waals surface area contributed by atoms with Gasteiger partial charge in [-0.2, -0.15) is 4.98 Å². The zero-order valence-electron chi connectivity index (χ0n) is 24.9. The van der Waals surface area contributed by atoms with E-state index in [9.17, 15) is 23.3 Å². The van der Waals surface area contributed by atoms with Crippen LogP contribution >= 0.6 is 0 Å². The Bertz CT molecular complexity index is 1810. The number of rotatable bonds is 9. The Morgan fingerprint density at radius 3 is 2.56 bits per heavy atom. The summed E-state index contributed by atoms with van der Waals surface area (Å²) in [7, 11) is -2.71. The fraction of sp³-hybridized carbons (Fsp3) is 0.464. The molecule has 1 saturated heterocycles. The molecule has 1 aliphatic carbocycles. The largest absolute Gasteiger partial charge is 0.474 e. The zero-order valence-corrected chi connectivity index (χ0v) is 25.7. The highest BCUT2D eigenvalue weighted by molar-refractivity contribution is 7.88. The van der Waals surface area contributed by atoms with Gasteiger partial charge < -0.3 is 29.1 Å². The number of carbonyl (C=O) groups excluding carboxylic acids is 1. The molecule has 0 atom stereocenters. The summed E-state index contributed by atoms with van der Waals surface area (Å²) < 4.78 is 41.5. The van der Waals surface area contributed by atoms with Gasteiger partial charge in [-0.1, -0.05) is 4.98 Å². The maximum atomic E-state index is 13.7. The van der Waals surface area contributed by atoms with E-state index in [-0.39, 0.29) is 17.4 Å². The van der Waals surface area contributed by atoms with Crippen LogP contribution in [-0.4, -0.2) is 91.3 Å². The summed E-state index contributed by atoms with van der Waals surface area (Å²) in [5.41, 5.74) is 0.707. The smallest absolute Gasteiger partial charge is 0.434 e. The normalized spacial score (nSPS) is 19.0. The number of pyridine rings is 2. The topological polar surface area (TPSA) is 181 Å². The minimum absolute atomic E-state index is 0.000758. The molecular formula is C28H33N9O7S. The Kier molecular flexibility index (Phi) is 8.37. The molecule has 4 aromatic heterocycles. The molecule has 1 aliphatic heterocycles. The summed E-state index contributed by atoms with van der Waals surface area (Å²) in [4.78, 5) is 43.6. The molecule has 45 heavy (non-hydrogen) atoms. The van der Waals surface area contributed by atoms with Crippen molar-refractivity contribution < 1.29 is 27.6 Å². The van der Waals surface area contributed by atoms with Crippen molar-refractivity contribution in [2.24, 2.45) is 7.05 Å². The van der Waals surface area contributed by atoms with Crippen LogP contribution in [0.5, 0.6) is 5.88 Å². The summed E-state index contributed by atoms with van der Waals surface area (Å²) in [6.45, 7) is 1.98. The van der Waals surface area contributed by atoms with Crippen LogP contribution in [0.1, 0.15) is 47.8 Å². The molecule has 0 spiro atoms. The molecular weight excluding hydrogens is 606 g/mol. The molecule has 17 heteroatoms. The summed E-state index contributed by atoms with van der Waals surface area (Å²) >= 11 is 0. The van der Waals surface area contributed by atoms with Crippen molar-refractivity contribution >= 4 is 38.6 Å². The Morgan fingerprint density at radius 1 is 1.16 bits per heavy atom. The van der Waals surface area contributed by atoms with Crippen molar-refractivity contribution in [3.63, 3.8) is 0 Å². The number of imidazole rings is 2. The van der Waals surface area contributed by atoms with Gasteiger partial charge in [0.05, 0.1) is 55.9 Å². The Labute approximate surface area is 258 Å². The van der Waals surface area contributed by atoms with Crippen LogP contribution in [0, 0.1) is 10.1 Å². The summed E-state index contributed by atoms with van der Waals surface area (Å²) in [6, 6.07) is 3.70. The Morgan fingerprint density at radius 2 is 1.91 bits per heavy atom. The number of amides is 1. The second kappa shape index (κ2) is 12.4. The number of nitro groups is 1. The number of aromatic nitrogens is 6. The summed E-state index contributed by atoms with van der Waals surface area (Å²) in [6.07, 6.45) is 12.2. The van der Waals surface area contributed by atoms with Crippen LogP contribution in [0.4, 0.5) is 11.8 Å². The van der Waals surface area contributed by atoms with E-state index in [0.717, 1.165) is 36.5 Å². The van der Waals surface area contributed by atoms with Crippen molar-refractivity contribution in [3.05, 3.63) is 64.6 Å². The van der Waals surface area contributed by atoms with Gasteiger partial charge in [0, 0.05) is 43.8 Å². The maximum Gasteiger partial charge on any atom is 0.434 e. The van der Waals surface area contributed by atoms with E-state index in [2.05, 4.69) is 24.4 Å². The van der Waals surface area contributed by atoms with Crippen molar-refractivity contribution in [3.8, 4) is 5.88 Å². The van der Waals surface area contributed by atoms with Crippen molar-refractivity contribution in [1.82, 2.24) is 33.4 Å². The fourth-order valence-electron chi connectivity index (χ4n) is 5.73. The van der Waals surface area contributed by atoms with Crippen LogP contribution in [0.2, 0.25) is 0 Å². The van der Waals surface area contributed by atoms with Gasteiger partial charge in [-0.25, -0.2) is 22.3 Å². The van der Waals surface area contributed by atoms with Crippen molar-refractivity contribution in [2.75, 3.05) is 37.5 Å². The minimum atomic E-state index is -4.10. The Hall–Kier alpha value is -4.64. The van der Waals surface area contributed by atoms with Crippen molar-refractivity contribution in [1.29, 1.82) is 0 Å². The molecule has 16 nitrogen and oxygen atoms in total. The first-order valence-corrected chi connectivity index (χ1v) is 16.4. The predicted molar refractivity (Wildman–Crippen MR) is 161 cm³/mol. The standard InChI is InChI=1S/C28H33N9O7S/c1-33-21(16-31-28(33)37(39)40)17-36(45(2,41)42)27(38)19-13-23-24(30-15-19)14-25(34-9-11-43-12-10-34)32-26(23)44-22-5-3-20(4-6-22)35-8-7-29-18-35/h7-8,13-16,18,20,22H,3-6,9-12,17H2,1-2H3. The lowest BCUT2D eigenvalue weighted by molar-refractivity contribution is -0.396. The minimum Gasteiger partial charge on any atom is -0.474 e. The highest BCUT2D eigenvalue weighted by Crippen LogP contribution is 2.34. The number of hydrogen-bond donors (Lipinski definition) is 0. The van der Waals surface area contributed by atoms with Gasteiger partial charge in [0.2, 0.25) is 15.9 Å². The first-order valence-electron chi connectivity index (χ1n) is 14.5. The van der Waals surface area contributed by atoms with Gasteiger partial charge in [-0.05, 0) is 36.7 Å². The molecule has 2 aliphatic rings. The average molecular weight is 640 g/mol. The lowest BCUT2D eigenvalue weighted by Crippen LogP contribution is -2.37. The predicted octanol–water partition coefficient (Wildman–Crippen LogP) is 2.47. The van der Waals surface area contributed by atoms with Gasteiger partial charge in [0.15, 0.2) is 0 Å². The third-order valence-electron chi connectivity index (χ3n) is 8.24. The number of morpholine rings is 1. The molecule has 238 valence electrons. The zero-order chi connectivity index (χ0) is 31.7. The molecule has 1 amide bonds. The number of nitrogens with zero attached hydrogens (tertiary/aromatic N) is 9. The molecule has 4 aromatic rings. The lowest BCUT2D eigenvalue weighted by atomic mass is 9.93. The average Bonchev–Trinajstić information content (AvgIpc) is 3.70. The lowest BCUT2D eigenvalue weighted by Gasteiger charge is -2.31. The molecule has 1 saturated carbocycles. The first kappa shape index (κ1) is 30.4. The molecule has 0 aromatic carbocycles. The highest BCUT2D eigenvalue weighted by atomic mass is 32.2. The van der Waals surface area contributed by atoms with Gasteiger partial charge in [-0.3, -0.25) is 9.78 Å². The number of ether oxygens (including phenoxy) is 2. The molecule has 0 radical (unpaired) electrons. The molecule has 6 rings (SSSR count). The third-order valence-corrected chi connectivity index (χ3v) is 9.33. The number of hydrogen-bond acceptors (Lipinski definition) is 12. The van der Waals surface area contributed by atoms with E-state index in [1.165, 1.54) is 25.5 Å². The van der Waals surface area contributed by atoms with Crippen LogP contribution in [0.25, 0.3) is 10.9 Å². The third kappa shape index (κ3) is 6.44. The SMILES string of the molecule is Cn1c(CN(C(=O)c2cnc3cc(N4CCOCC4)nc(OC4CCC(n5ccnc5)CC4)c3c2)S(C)(=O)=O)cnc1[N+](=O)[O-]. The second-order valence-corrected chi connectivity index (χ2v) is 13.1. The fourth-order valence-corrected chi connectivity index (χ4v) is 6.50. The molecule has 0 bridgehead atoms. The van der Waals surface area contributed by atoms with E-state index >= 15 is 0 Å². The summed E-state index contributed by atoms with van der Waals surface area (Å²) in [5.74, 6) is -0.327. The van der Waals surface area contributed by atoms with Crippen LogP contribution < -0.4 is 9.64 Å². The van der Waals surface area contributed by atoms with Crippen LogP contribution in [0.3, 0.4) is 0 Å². The van der Waals surface area contributed by atoms with E-state index in [1.54, 1.807) is 6.20 Å². The highest BCUT2D eigenvalue weighted by Gasteiger charge is 2.30. The van der Waals surface area contributed by atoms with E-state index < -0.39 is 33.3 Å². The number of sulfonamides is 1.